The Labute approximate surface area is 152 Å². The van der Waals surface area contributed by atoms with E-state index in [2.05, 4.69) is 37.2 Å². The molecule has 0 aromatic carbocycles. The summed E-state index contributed by atoms with van der Waals surface area (Å²) in [7, 11) is 2.11. The largest absolute Gasteiger partial charge is 0.373 e. The fourth-order valence-electron chi connectivity index (χ4n) is 3.67. The summed E-state index contributed by atoms with van der Waals surface area (Å²) < 4.78 is 5.84. The maximum Gasteiger partial charge on any atom is 0.225 e. The number of aromatic amines is 1. The molecular weight excluding hydrogens is 334 g/mol. The summed E-state index contributed by atoms with van der Waals surface area (Å²) in [6.07, 6.45) is 4.95. The molecule has 2 aliphatic rings. The smallest absolute Gasteiger partial charge is 0.225 e. The molecule has 1 atom stereocenters. The lowest BCUT2D eigenvalue weighted by Gasteiger charge is -2.37. The van der Waals surface area contributed by atoms with Crippen molar-refractivity contribution in [3.05, 3.63) is 12.7 Å². The number of hydrogen-bond acceptors (Lipinski definition) is 7. The first kappa shape index (κ1) is 17.2. The molecule has 9 heteroatoms. The minimum absolute atomic E-state index is 0.0492. The number of nitrogens with one attached hydrogen (secondary N) is 2. The average Bonchev–Trinajstić information content (AvgIpc) is 3.16. The van der Waals surface area contributed by atoms with Crippen molar-refractivity contribution in [3.8, 4) is 0 Å². The van der Waals surface area contributed by atoms with Gasteiger partial charge in [0.1, 0.15) is 11.8 Å². The Morgan fingerprint density at radius 3 is 3.00 bits per heavy atom. The lowest BCUT2D eigenvalue weighted by Crippen LogP contribution is -2.51. The number of aromatic nitrogens is 4. The summed E-state index contributed by atoms with van der Waals surface area (Å²) in [5.41, 5.74) is 1.41. The van der Waals surface area contributed by atoms with Gasteiger partial charge in [0.05, 0.1) is 19.0 Å². The topological polar surface area (TPSA) is 99.3 Å². The summed E-state index contributed by atoms with van der Waals surface area (Å²) in [6, 6.07) is 0. The van der Waals surface area contributed by atoms with Crippen molar-refractivity contribution in [1.82, 2.24) is 29.7 Å². The lowest BCUT2D eigenvalue weighted by molar-refractivity contribution is -0.144. The molecule has 140 valence electrons. The quantitative estimate of drug-likeness (QED) is 0.812. The third kappa shape index (κ3) is 3.63. The van der Waals surface area contributed by atoms with Gasteiger partial charge in [0, 0.05) is 25.6 Å². The highest BCUT2D eigenvalue weighted by Gasteiger charge is 2.31. The molecule has 1 unspecified atom stereocenters. The van der Waals surface area contributed by atoms with E-state index in [4.69, 9.17) is 4.74 Å². The number of carbonyl (C=O) groups excluding carboxylic acids is 1. The van der Waals surface area contributed by atoms with Crippen molar-refractivity contribution >= 4 is 22.9 Å². The van der Waals surface area contributed by atoms with Gasteiger partial charge in [-0.1, -0.05) is 0 Å². The molecule has 2 fully saturated rings. The Kier molecular flexibility index (Phi) is 4.98. The molecule has 0 spiro atoms. The van der Waals surface area contributed by atoms with Gasteiger partial charge in [-0.25, -0.2) is 15.0 Å². The number of imidazole rings is 1. The van der Waals surface area contributed by atoms with Crippen LogP contribution in [0.25, 0.3) is 11.2 Å². The van der Waals surface area contributed by atoms with Gasteiger partial charge in [-0.3, -0.25) is 4.79 Å². The van der Waals surface area contributed by atoms with Crippen LogP contribution in [0.15, 0.2) is 12.7 Å². The number of rotatable bonds is 4. The van der Waals surface area contributed by atoms with Crippen molar-refractivity contribution in [3.63, 3.8) is 0 Å². The molecule has 2 saturated heterocycles. The molecule has 2 N–H and O–H groups in total. The van der Waals surface area contributed by atoms with Crippen LogP contribution in [0.5, 0.6) is 0 Å². The van der Waals surface area contributed by atoms with E-state index >= 15 is 0 Å². The second-order valence-electron chi connectivity index (χ2n) is 7.06. The van der Waals surface area contributed by atoms with Crippen molar-refractivity contribution in [2.24, 2.45) is 5.92 Å². The van der Waals surface area contributed by atoms with Crippen LogP contribution < -0.4 is 5.32 Å². The predicted molar refractivity (Wildman–Crippen MR) is 96.7 cm³/mol. The number of fused-ring (bicyclic) bond motifs is 1. The number of likely N-dealkylation sites (tertiary alicyclic amines) is 1. The van der Waals surface area contributed by atoms with Crippen LogP contribution in [-0.2, 0) is 9.53 Å². The molecule has 2 aromatic heterocycles. The molecular formula is C17H25N7O2. The van der Waals surface area contributed by atoms with Crippen LogP contribution in [0.1, 0.15) is 12.8 Å². The number of nitrogens with zero attached hydrogens (tertiary/aromatic N) is 5. The van der Waals surface area contributed by atoms with Crippen molar-refractivity contribution in [2.75, 3.05) is 51.7 Å². The number of morpholine rings is 1. The summed E-state index contributed by atoms with van der Waals surface area (Å²) in [4.78, 5) is 32.6. The summed E-state index contributed by atoms with van der Waals surface area (Å²) in [6.45, 7) is 4.46. The van der Waals surface area contributed by atoms with Gasteiger partial charge in [0.25, 0.3) is 0 Å². The van der Waals surface area contributed by atoms with E-state index in [-0.39, 0.29) is 17.9 Å². The number of piperidine rings is 1. The Balaban J connectivity index is 1.33. The van der Waals surface area contributed by atoms with Gasteiger partial charge in [-0.05, 0) is 33.0 Å². The molecule has 0 aliphatic carbocycles. The predicted octanol–water partition coefficient (Wildman–Crippen LogP) is 0.334. The highest BCUT2D eigenvalue weighted by molar-refractivity contribution is 5.82. The molecule has 26 heavy (non-hydrogen) atoms. The van der Waals surface area contributed by atoms with Crippen LogP contribution in [0.2, 0.25) is 0 Å². The highest BCUT2D eigenvalue weighted by atomic mass is 16.5. The summed E-state index contributed by atoms with van der Waals surface area (Å²) in [5, 5.41) is 3.30. The Morgan fingerprint density at radius 1 is 1.31 bits per heavy atom. The Hall–Kier alpha value is -2.26. The minimum atomic E-state index is -0.0492. The van der Waals surface area contributed by atoms with Crippen molar-refractivity contribution in [2.45, 2.75) is 18.9 Å². The van der Waals surface area contributed by atoms with Crippen LogP contribution in [0, 0.1) is 5.92 Å². The Bertz CT molecular complexity index is 756. The molecule has 2 aliphatic heterocycles. The van der Waals surface area contributed by atoms with Gasteiger partial charge in [0.2, 0.25) is 5.91 Å². The van der Waals surface area contributed by atoms with Gasteiger partial charge in [-0.2, -0.15) is 0 Å². The molecule has 4 rings (SSSR count). The standard InChI is InChI=1S/C17H25N7O2/c1-23-4-2-12(3-5-23)17(25)24-6-7-26-13(9-24)8-18-15-14-16(20-10-19-14)22-11-21-15/h10-13H,2-9H2,1H3,(H2,18,19,20,21,22). The normalized spacial score (nSPS) is 22.7. The lowest BCUT2D eigenvalue weighted by atomic mass is 9.95. The highest BCUT2D eigenvalue weighted by Crippen LogP contribution is 2.21. The van der Waals surface area contributed by atoms with Crippen LogP contribution >= 0.6 is 0 Å². The first-order valence-corrected chi connectivity index (χ1v) is 9.17. The third-order valence-corrected chi connectivity index (χ3v) is 5.24. The van der Waals surface area contributed by atoms with Crippen LogP contribution in [0.4, 0.5) is 5.82 Å². The van der Waals surface area contributed by atoms with E-state index in [0.717, 1.165) is 31.4 Å². The van der Waals surface area contributed by atoms with Gasteiger partial charge >= 0.3 is 0 Å². The number of carbonyl (C=O) groups is 1. The molecule has 9 nitrogen and oxygen atoms in total. The fourth-order valence-corrected chi connectivity index (χ4v) is 3.67. The zero-order valence-corrected chi connectivity index (χ0v) is 15.0. The fraction of sp³-hybridized carbons (Fsp3) is 0.647. The van der Waals surface area contributed by atoms with Crippen molar-refractivity contribution < 1.29 is 9.53 Å². The van der Waals surface area contributed by atoms with E-state index in [1.165, 1.54) is 6.33 Å². The Morgan fingerprint density at radius 2 is 2.15 bits per heavy atom. The first-order chi connectivity index (χ1) is 12.7. The van der Waals surface area contributed by atoms with E-state index in [9.17, 15) is 4.79 Å². The molecule has 2 aromatic rings. The van der Waals surface area contributed by atoms with Crippen LogP contribution in [-0.4, -0.2) is 88.1 Å². The maximum absolute atomic E-state index is 12.8. The minimum Gasteiger partial charge on any atom is -0.373 e. The van der Waals surface area contributed by atoms with Crippen molar-refractivity contribution in [1.29, 1.82) is 0 Å². The maximum atomic E-state index is 12.8. The summed E-state index contributed by atoms with van der Waals surface area (Å²) >= 11 is 0. The molecule has 4 heterocycles. The molecule has 0 saturated carbocycles. The number of H-pyrrole nitrogens is 1. The monoisotopic (exact) mass is 359 g/mol. The zero-order valence-electron chi connectivity index (χ0n) is 15.0. The number of amides is 1. The van der Waals surface area contributed by atoms with Crippen LogP contribution in [0.3, 0.4) is 0 Å². The van der Waals surface area contributed by atoms with Gasteiger partial charge in [0.15, 0.2) is 11.5 Å². The summed E-state index contributed by atoms with van der Waals surface area (Å²) in [5.74, 6) is 1.14. The van der Waals surface area contributed by atoms with E-state index < -0.39 is 0 Å². The number of ether oxygens (including phenoxy) is 1. The zero-order chi connectivity index (χ0) is 17.9. The van der Waals surface area contributed by atoms with E-state index in [1.54, 1.807) is 6.33 Å². The molecule has 1 amide bonds. The number of hydrogen-bond donors (Lipinski definition) is 2. The van der Waals surface area contributed by atoms with E-state index in [1.807, 2.05) is 4.90 Å². The first-order valence-electron chi connectivity index (χ1n) is 9.17. The molecule has 0 bridgehead atoms. The van der Waals surface area contributed by atoms with Gasteiger partial charge < -0.3 is 24.8 Å². The number of anilines is 1. The third-order valence-electron chi connectivity index (χ3n) is 5.24. The van der Waals surface area contributed by atoms with Gasteiger partial charge in [-0.15, -0.1) is 0 Å². The SMILES string of the molecule is CN1CCC(C(=O)N2CCOC(CNc3ncnc4nc[nH]c34)C2)CC1. The van der Waals surface area contributed by atoms with E-state index in [0.29, 0.717) is 37.7 Å². The second-order valence-corrected chi connectivity index (χ2v) is 7.06. The average molecular weight is 359 g/mol. The molecule has 0 radical (unpaired) electrons. The second kappa shape index (κ2) is 7.55.